The molecule has 3 aromatic heterocycles. The lowest BCUT2D eigenvalue weighted by atomic mass is 10.2. The van der Waals surface area contributed by atoms with Crippen LogP contribution in [-0.4, -0.2) is 58.1 Å². The predicted octanol–water partition coefficient (Wildman–Crippen LogP) is 2.28. The summed E-state index contributed by atoms with van der Waals surface area (Å²) in [6.07, 6.45) is -3.42. The molecule has 40 heavy (non-hydrogen) atoms. The molecule has 12 nitrogen and oxygen atoms in total. The number of aromatic nitrogens is 7. The predicted molar refractivity (Wildman–Crippen MR) is 129 cm³/mol. The Bertz CT molecular complexity index is 1470. The number of alkyl halides is 4. The Kier molecular flexibility index (Phi) is 8.66. The van der Waals surface area contributed by atoms with E-state index in [-0.39, 0.29) is 55.4 Å². The lowest BCUT2D eigenvalue weighted by molar-refractivity contribution is -0.141. The van der Waals surface area contributed by atoms with E-state index in [0.717, 1.165) is 6.07 Å². The molecular weight excluding hydrogens is 538 g/mol. The van der Waals surface area contributed by atoms with Crippen molar-refractivity contribution >= 4 is 11.8 Å². The number of nitrogens with one attached hydrogen (secondary N) is 2. The second-order valence-electron chi connectivity index (χ2n) is 8.63. The summed E-state index contributed by atoms with van der Waals surface area (Å²) in [4.78, 5) is 28.0. The van der Waals surface area contributed by atoms with Crippen LogP contribution in [0.5, 0.6) is 5.75 Å². The molecular formula is C24H23F4N9O3. The number of amides is 2. The minimum absolute atomic E-state index is 0.000355. The highest BCUT2D eigenvalue weighted by Crippen LogP contribution is 2.27. The van der Waals surface area contributed by atoms with Crippen LogP contribution in [0.2, 0.25) is 0 Å². The van der Waals surface area contributed by atoms with E-state index in [9.17, 15) is 32.3 Å². The Labute approximate surface area is 224 Å². The summed E-state index contributed by atoms with van der Waals surface area (Å²) < 4.78 is 55.3. The maximum absolute atomic E-state index is 14.5. The number of pyridine rings is 1. The summed E-state index contributed by atoms with van der Waals surface area (Å²) >= 11 is 0. The van der Waals surface area contributed by atoms with Crippen molar-refractivity contribution < 1.29 is 32.3 Å². The number of hydrogen-bond donors (Lipinski definition) is 3. The second-order valence-corrected chi connectivity index (χ2v) is 8.63. The van der Waals surface area contributed by atoms with Crippen LogP contribution in [0.1, 0.15) is 44.3 Å². The van der Waals surface area contributed by atoms with Crippen LogP contribution in [-0.2, 0) is 32.4 Å². The maximum Gasteiger partial charge on any atom is 0.433 e. The van der Waals surface area contributed by atoms with E-state index in [1.807, 2.05) is 0 Å². The van der Waals surface area contributed by atoms with E-state index in [4.69, 9.17) is 0 Å². The number of phenolic OH excluding ortho intramolecular Hbond substituents is 1. The molecule has 0 saturated heterocycles. The van der Waals surface area contributed by atoms with Gasteiger partial charge < -0.3 is 15.7 Å². The first-order valence-corrected chi connectivity index (χ1v) is 11.9. The quantitative estimate of drug-likeness (QED) is 0.236. The third-order valence-electron chi connectivity index (χ3n) is 5.49. The molecule has 0 fully saturated rings. The number of hydrogen-bond acceptors (Lipinski definition) is 8. The second kappa shape index (κ2) is 12.3. The molecule has 1 atom stereocenters. The number of phenols is 1. The Hall–Kier alpha value is -4.89. The Morgan fingerprint density at radius 3 is 2.27 bits per heavy atom. The van der Waals surface area contributed by atoms with Gasteiger partial charge in [0.25, 0.3) is 11.8 Å². The average molecular weight is 562 g/mol. The number of carbonyl (C=O) groups excluding carboxylic acids is 2. The minimum Gasteiger partial charge on any atom is -0.508 e. The van der Waals surface area contributed by atoms with Gasteiger partial charge in [0.15, 0.2) is 11.4 Å². The van der Waals surface area contributed by atoms with Gasteiger partial charge in [-0.05, 0) is 29.8 Å². The normalized spacial score (nSPS) is 12.2. The van der Waals surface area contributed by atoms with E-state index >= 15 is 0 Å². The van der Waals surface area contributed by atoms with Crippen LogP contribution in [0.25, 0.3) is 0 Å². The standard InChI is InChI=1S/C24H23F4N9O3/c25-16(12-37-14-20(33-35-37)22(39)29-10-15-3-1-5-18(38)9-15)7-8-36-13-19(32-34-36)23(40)30-11-17-4-2-6-21(31-17)24(26,27)28/h1-6,9,13-14,16,38H,7-8,10-12H2,(H,29,39)(H,30,40). The molecule has 0 saturated carbocycles. The molecule has 16 heteroatoms. The van der Waals surface area contributed by atoms with Crippen molar-refractivity contribution in [3.63, 3.8) is 0 Å². The number of benzene rings is 1. The lowest BCUT2D eigenvalue weighted by Crippen LogP contribution is -2.24. The van der Waals surface area contributed by atoms with Gasteiger partial charge in [-0.3, -0.25) is 14.3 Å². The largest absolute Gasteiger partial charge is 0.508 e. The fourth-order valence-electron chi connectivity index (χ4n) is 3.51. The first-order valence-electron chi connectivity index (χ1n) is 11.9. The molecule has 4 rings (SSSR count). The zero-order valence-corrected chi connectivity index (χ0v) is 20.7. The van der Waals surface area contributed by atoms with Crippen LogP contribution < -0.4 is 10.6 Å². The summed E-state index contributed by atoms with van der Waals surface area (Å²) in [6.45, 7) is -0.205. The van der Waals surface area contributed by atoms with Gasteiger partial charge in [-0.25, -0.2) is 14.1 Å². The zero-order valence-electron chi connectivity index (χ0n) is 20.7. The van der Waals surface area contributed by atoms with Crippen molar-refractivity contribution in [1.82, 2.24) is 45.6 Å². The molecule has 0 bridgehead atoms. The number of carbonyl (C=O) groups is 2. The average Bonchev–Trinajstić information content (AvgIpc) is 3.59. The van der Waals surface area contributed by atoms with Gasteiger partial charge in [0.2, 0.25) is 0 Å². The molecule has 0 aliphatic carbocycles. The van der Waals surface area contributed by atoms with Crippen LogP contribution >= 0.6 is 0 Å². The Morgan fingerprint density at radius 1 is 0.925 bits per heavy atom. The van der Waals surface area contributed by atoms with E-state index in [1.54, 1.807) is 12.1 Å². The fourth-order valence-corrected chi connectivity index (χ4v) is 3.51. The first-order chi connectivity index (χ1) is 19.1. The number of rotatable bonds is 11. The summed E-state index contributed by atoms with van der Waals surface area (Å²) in [7, 11) is 0. The van der Waals surface area contributed by atoms with Gasteiger partial charge in [-0.2, -0.15) is 13.2 Å². The molecule has 0 radical (unpaired) electrons. The Balaban J connectivity index is 1.21. The van der Waals surface area contributed by atoms with Crippen molar-refractivity contribution in [2.75, 3.05) is 0 Å². The molecule has 0 aliphatic rings. The lowest BCUT2D eigenvalue weighted by Gasteiger charge is -2.08. The third kappa shape index (κ3) is 7.81. The molecule has 210 valence electrons. The maximum atomic E-state index is 14.5. The topological polar surface area (TPSA) is 153 Å². The number of aromatic hydroxyl groups is 1. The molecule has 0 aliphatic heterocycles. The number of nitrogens with zero attached hydrogens (tertiary/aromatic N) is 7. The van der Waals surface area contributed by atoms with Gasteiger partial charge in [0.05, 0.1) is 31.2 Å². The molecule has 3 N–H and O–H groups in total. The van der Waals surface area contributed by atoms with E-state index < -0.39 is 29.9 Å². The molecule has 3 heterocycles. The highest BCUT2D eigenvalue weighted by molar-refractivity contribution is 5.92. The van der Waals surface area contributed by atoms with Crippen LogP contribution in [0.15, 0.2) is 54.9 Å². The third-order valence-corrected chi connectivity index (χ3v) is 5.49. The number of halogens is 4. The van der Waals surface area contributed by atoms with Crippen molar-refractivity contribution in [3.8, 4) is 5.75 Å². The van der Waals surface area contributed by atoms with Crippen LogP contribution in [0.3, 0.4) is 0 Å². The number of aryl methyl sites for hydroxylation is 1. The van der Waals surface area contributed by atoms with E-state index in [2.05, 4.69) is 36.2 Å². The van der Waals surface area contributed by atoms with E-state index in [1.165, 1.54) is 46.0 Å². The first kappa shape index (κ1) is 28.1. The summed E-state index contributed by atoms with van der Waals surface area (Å²) in [5, 5.41) is 29.5. The van der Waals surface area contributed by atoms with Gasteiger partial charge in [-0.1, -0.05) is 28.6 Å². The van der Waals surface area contributed by atoms with Gasteiger partial charge in [0.1, 0.15) is 17.6 Å². The highest BCUT2D eigenvalue weighted by Gasteiger charge is 2.32. The molecule has 1 aromatic carbocycles. The fraction of sp³-hybridized carbons (Fsp3) is 0.292. The van der Waals surface area contributed by atoms with Gasteiger partial charge in [0, 0.05) is 19.5 Å². The zero-order chi connectivity index (χ0) is 28.7. The molecule has 2 amide bonds. The SMILES string of the molecule is O=C(NCc1cccc(C(F)(F)F)n1)c1cn(CCC(F)Cn2cc(C(=O)NCc3cccc(O)c3)nn2)nn1. The van der Waals surface area contributed by atoms with Crippen molar-refractivity contribution in [1.29, 1.82) is 0 Å². The monoisotopic (exact) mass is 561 g/mol. The summed E-state index contributed by atoms with van der Waals surface area (Å²) in [5.74, 6) is -1.12. The molecule has 4 aromatic rings. The summed E-state index contributed by atoms with van der Waals surface area (Å²) in [5.41, 5.74) is -0.465. The van der Waals surface area contributed by atoms with Crippen molar-refractivity contribution in [3.05, 3.63) is 83.2 Å². The molecule has 0 spiro atoms. The van der Waals surface area contributed by atoms with Crippen molar-refractivity contribution in [2.45, 2.75) is 44.9 Å². The van der Waals surface area contributed by atoms with Gasteiger partial charge >= 0.3 is 6.18 Å². The summed E-state index contributed by atoms with van der Waals surface area (Å²) in [6, 6.07) is 9.75. The Morgan fingerprint density at radius 2 is 1.57 bits per heavy atom. The van der Waals surface area contributed by atoms with Crippen LogP contribution in [0.4, 0.5) is 17.6 Å². The smallest absolute Gasteiger partial charge is 0.433 e. The van der Waals surface area contributed by atoms with E-state index in [0.29, 0.717) is 5.56 Å². The highest BCUT2D eigenvalue weighted by atomic mass is 19.4. The van der Waals surface area contributed by atoms with Crippen molar-refractivity contribution in [2.24, 2.45) is 0 Å². The molecule has 1 unspecified atom stereocenters. The minimum atomic E-state index is -4.60. The van der Waals surface area contributed by atoms with Crippen LogP contribution in [0, 0.1) is 0 Å². The van der Waals surface area contributed by atoms with Gasteiger partial charge in [-0.15, -0.1) is 10.2 Å².